The van der Waals surface area contributed by atoms with Gasteiger partial charge in [-0.3, -0.25) is 14.7 Å². The molecule has 0 aliphatic carbocycles. The Bertz CT molecular complexity index is 1030. The Morgan fingerprint density at radius 3 is 2.31 bits per heavy atom. The molecule has 0 aliphatic rings. The average molecular weight is 411 g/mol. The number of carbonyl (C=O) groups excluding carboxylic acids is 2. The number of aromatic amines is 1. The number of nitrogens with zero attached hydrogens (tertiary/aromatic N) is 2. The lowest BCUT2D eigenvalue weighted by Gasteiger charge is -2.17. The second kappa shape index (κ2) is 8.49. The van der Waals surface area contributed by atoms with Crippen LogP contribution < -0.4 is 5.32 Å². The number of benzene rings is 2. The quantitative estimate of drug-likeness (QED) is 0.655. The highest BCUT2D eigenvalue weighted by atomic mass is 35.5. The summed E-state index contributed by atoms with van der Waals surface area (Å²) in [6.07, 6.45) is 0. The Kier molecular flexibility index (Phi) is 6.03. The number of amides is 2. The highest BCUT2D eigenvalue weighted by Gasteiger charge is 2.18. The molecular formula is C22H23ClN4O2. The number of halogens is 1. The number of nitrogens with one attached hydrogen (secondary N) is 2. The summed E-state index contributed by atoms with van der Waals surface area (Å²) in [7, 11) is 1.58. The van der Waals surface area contributed by atoms with Gasteiger partial charge in [0.2, 0.25) is 5.91 Å². The molecule has 2 aromatic carbocycles. The van der Waals surface area contributed by atoms with Gasteiger partial charge >= 0.3 is 0 Å². The number of anilines is 1. The zero-order valence-corrected chi connectivity index (χ0v) is 17.6. The molecule has 0 unspecified atom stereocenters. The molecule has 1 aromatic heterocycles. The second-order valence-corrected chi connectivity index (χ2v) is 7.59. The van der Waals surface area contributed by atoms with Gasteiger partial charge in [0.15, 0.2) is 0 Å². The van der Waals surface area contributed by atoms with E-state index in [-0.39, 0.29) is 18.4 Å². The van der Waals surface area contributed by atoms with E-state index in [9.17, 15) is 9.59 Å². The van der Waals surface area contributed by atoms with E-state index in [2.05, 4.69) is 15.5 Å². The standard InChI is InChI=1S/C22H23ClN4O2/c1-13-9-14(2)21(15(3)10-13)24-20(28)12-27(4)22(29)19-11-18(25-26-19)16-5-7-17(23)8-6-16/h5-11H,12H2,1-4H3,(H,24,28)(H,25,26). The fourth-order valence-electron chi connectivity index (χ4n) is 3.25. The molecule has 0 saturated heterocycles. The third kappa shape index (κ3) is 4.84. The van der Waals surface area contributed by atoms with Crippen LogP contribution in [0.25, 0.3) is 11.3 Å². The van der Waals surface area contributed by atoms with E-state index in [1.165, 1.54) is 4.90 Å². The van der Waals surface area contributed by atoms with E-state index in [1.54, 1.807) is 25.2 Å². The molecule has 7 heteroatoms. The summed E-state index contributed by atoms with van der Waals surface area (Å²) in [5.41, 5.74) is 5.70. The summed E-state index contributed by atoms with van der Waals surface area (Å²) in [6, 6.07) is 12.9. The summed E-state index contributed by atoms with van der Waals surface area (Å²) in [5.74, 6) is -0.571. The normalized spacial score (nSPS) is 10.7. The van der Waals surface area contributed by atoms with Crippen LogP contribution in [-0.4, -0.2) is 40.5 Å². The van der Waals surface area contributed by atoms with Crippen molar-refractivity contribution in [1.29, 1.82) is 0 Å². The topological polar surface area (TPSA) is 78.1 Å². The summed E-state index contributed by atoms with van der Waals surface area (Å²) in [6.45, 7) is 5.85. The largest absolute Gasteiger partial charge is 0.331 e. The van der Waals surface area contributed by atoms with E-state index in [0.717, 1.165) is 27.9 Å². The van der Waals surface area contributed by atoms with E-state index in [1.807, 2.05) is 45.0 Å². The molecule has 0 atom stereocenters. The minimum Gasteiger partial charge on any atom is -0.331 e. The molecule has 6 nitrogen and oxygen atoms in total. The summed E-state index contributed by atoms with van der Waals surface area (Å²) in [5, 5.41) is 10.5. The van der Waals surface area contributed by atoms with Crippen molar-refractivity contribution in [1.82, 2.24) is 15.1 Å². The molecule has 1 heterocycles. The highest BCUT2D eigenvalue weighted by molar-refractivity contribution is 6.30. The lowest BCUT2D eigenvalue weighted by Crippen LogP contribution is -2.35. The predicted octanol–water partition coefficient (Wildman–Crippen LogP) is 4.37. The summed E-state index contributed by atoms with van der Waals surface area (Å²) < 4.78 is 0. The molecule has 0 saturated carbocycles. The maximum atomic E-state index is 12.7. The van der Waals surface area contributed by atoms with Crippen molar-refractivity contribution in [2.75, 3.05) is 18.9 Å². The zero-order valence-electron chi connectivity index (χ0n) is 16.8. The van der Waals surface area contributed by atoms with Crippen LogP contribution in [0.15, 0.2) is 42.5 Å². The third-order valence-electron chi connectivity index (χ3n) is 4.62. The number of rotatable bonds is 5. The van der Waals surface area contributed by atoms with E-state index in [4.69, 9.17) is 11.6 Å². The first-order valence-electron chi connectivity index (χ1n) is 9.19. The Balaban J connectivity index is 1.66. The van der Waals surface area contributed by atoms with Gasteiger partial charge in [-0.2, -0.15) is 5.10 Å². The zero-order chi connectivity index (χ0) is 21.1. The molecule has 0 radical (unpaired) electrons. The van der Waals surface area contributed by atoms with Crippen LogP contribution in [0.3, 0.4) is 0 Å². The molecular weight excluding hydrogens is 388 g/mol. The van der Waals surface area contributed by atoms with Crippen LogP contribution in [0.5, 0.6) is 0 Å². The highest BCUT2D eigenvalue weighted by Crippen LogP contribution is 2.22. The lowest BCUT2D eigenvalue weighted by molar-refractivity contribution is -0.116. The van der Waals surface area contributed by atoms with E-state index < -0.39 is 0 Å². The maximum absolute atomic E-state index is 12.7. The maximum Gasteiger partial charge on any atom is 0.272 e. The molecule has 150 valence electrons. The first kappa shape index (κ1) is 20.6. The van der Waals surface area contributed by atoms with Crippen LogP contribution in [0.1, 0.15) is 27.2 Å². The molecule has 2 amide bonds. The molecule has 0 spiro atoms. The number of aryl methyl sites for hydroxylation is 3. The number of carbonyl (C=O) groups is 2. The van der Waals surface area contributed by atoms with Crippen LogP contribution >= 0.6 is 11.6 Å². The Hall–Kier alpha value is -3.12. The third-order valence-corrected chi connectivity index (χ3v) is 4.87. The van der Waals surface area contributed by atoms with Gasteiger partial charge in [0.25, 0.3) is 5.91 Å². The van der Waals surface area contributed by atoms with Crippen LogP contribution in [-0.2, 0) is 4.79 Å². The van der Waals surface area contributed by atoms with Crippen LogP contribution in [0, 0.1) is 20.8 Å². The fraction of sp³-hybridized carbons (Fsp3) is 0.227. The minimum absolute atomic E-state index is 0.0686. The van der Waals surface area contributed by atoms with Crippen LogP contribution in [0.4, 0.5) is 5.69 Å². The second-order valence-electron chi connectivity index (χ2n) is 7.16. The number of likely N-dealkylation sites (N-methyl/N-ethyl adjacent to an activating group) is 1. The van der Waals surface area contributed by atoms with Crippen molar-refractivity contribution in [3.05, 3.63) is 69.9 Å². The van der Waals surface area contributed by atoms with Crippen molar-refractivity contribution in [2.24, 2.45) is 0 Å². The molecule has 2 N–H and O–H groups in total. The Morgan fingerprint density at radius 2 is 1.69 bits per heavy atom. The van der Waals surface area contributed by atoms with Crippen molar-refractivity contribution in [2.45, 2.75) is 20.8 Å². The van der Waals surface area contributed by atoms with Gasteiger partial charge in [-0.25, -0.2) is 0 Å². The molecule has 0 fully saturated rings. The Morgan fingerprint density at radius 1 is 1.07 bits per heavy atom. The van der Waals surface area contributed by atoms with Crippen LogP contribution in [0.2, 0.25) is 5.02 Å². The molecule has 29 heavy (non-hydrogen) atoms. The van der Waals surface area contributed by atoms with Gasteiger partial charge < -0.3 is 10.2 Å². The number of aromatic nitrogens is 2. The van der Waals surface area contributed by atoms with E-state index >= 15 is 0 Å². The van der Waals surface area contributed by atoms with Gasteiger partial charge in [-0.05, 0) is 50.1 Å². The van der Waals surface area contributed by atoms with Crippen molar-refractivity contribution in [3.63, 3.8) is 0 Å². The van der Waals surface area contributed by atoms with Crippen molar-refractivity contribution in [3.8, 4) is 11.3 Å². The Labute approximate surface area is 174 Å². The van der Waals surface area contributed by atoms with Crippen molar-refractivity contribution >= 4 is 29.1 Å². The van der Waals surface area contributed by atoms with Gasteiger partial charge in [0, 0.05) is 23.3 Å². The number of H-pyrrole nitrogens is 1. The minimum atomic E-state index is -0.315. The average Bonchev–Trinajstić information content (AvgIpc) is 3.14. The van der Waals surface area contributed by atoms with E-state index in [0.29, 0.717) is 16.4 Å². The molecule has 0 bridgehead atoms. The summed E-state index contributed by atoms with van der Waals surface area (Å²) in [4.78, 5) is 26.5. The van der Waals surface area contributed by atoms with Gasteiger partial charge in [-0.1, -0.05) is 41.4 Å². The predicted molar refractivity (Wildman–Crippen MR) is 115 cm³/mol. The lowest BCUT2D eigenvalue weighted by atomic mass is 10.1. The van der Waals surface area contributed by atoms with Gasteiger partial charge in [0.1, 0.15) is 5.69 Å². The SMILES string of the molecule is Cc1cc(C)c(NC(=O)CN(C)C(=O)c2cc(-c3ccc(Cl)cc3)n[nH]2)c(C)c1. The first-order chi connectivity index (χ1) is 13.7. The number of hydrogen-bond acceptors (Lipinski definition) is 3. The first-order valence-corrected chi connectivity index (χ1v) is 9.57. The summed E-state index contributed by atoms with van der Waals surface area (Å²) >= 11 is 5.90. The monoisotopic (exact) mass is 410 g/mol. The van der Waals surface area contributed by atoms with Gasteiger partial charge in [0.05, 0.1) is 12.2 Å². The number of hydrogen-bond donors (Lipinski definition) is 2. The smallest absolute Gasteiger partial charge is 0.272 e. The molecule has 0 aliphatic heterocycles. The molecule has 3 rings (SSSR count). The van der Waals surface area contributed by atoms with Gasteiger partial charge in [-0.15, -0.1) is 0 Å². The fourth-order valence-corrected chi connectivity index (χ4v) is 3.37. The van der Waals surface area contributed by atoms with Crippen molar-refractivity contribution < 1.29 is 9.59 Å². The molecule has 3 aromatic rings.